The molecule has 0 aliphatic carbocycles. The van der Waals surface area contributed by atoms with E-state index < -0.39 is 22.5 Å². The number of carbonyl (C=O) groups excluding carboxylic acids is 1. The number of hydrogen-bond acceptors (Lipinski definition) is 10. The molecular formula is C27H27ClF3N7O4S. The van der Waals surface area contributed by atoms with Crippen LogP contribution in [-0.4, -0.2) is 61.8 Å². The lowest BCUT2D eigenvalue weighted by molar-refractivity contribution is -0.146. The normalized spacial score (nSPS) is 16.3. The summed E-state index contributed by atoms with van der Waals surface area (Å²) in [5.41, 5.74) is 1.47. The minimum Gasteiger partial charge on any atom is -0.493 e. The van der Waals surface area contributed by atoms with E-state index in [-0.39, 0.29) is 49.9 Å². The maximum absolute atomic E-state index is 14.3. The topological polar surface area (TPSA) is 119 Å². The number of carbonyl (C=O) groups is 1. The van der Waals surface area contributed by atoms with Crippen molar-refractivity contribution in [2.75, 3.05) is 20.8 Å². The zero-order valence-electron chi connectivity index (χ0n) is 23.3. The van der Waals surface area contributed by atoms with Gasteiger partial charge in [0.1, 0.15) is 0 Å². The Morgan fingerprint density at radius 2 is 1.91 bits per heavy atom. The third kappa shape index (κ3) is 6.42. The lowest BCUT2D eigenvalue weighted by Gasteiger charge is -2.24. The maximum atomic E-state index is 14.3. The molecule has 0 bridgehead atoms. The molecule has 0 N–H and O–H groups in total. The van der Waals surface area contributed by atoms with Gasteiger partial charge in [-0.05, 0) is 48.4 Å². The van der Waals surface area contributed by atoms with E-state index >= 15 is 0 Å². The van der Waals surface area contributed by atoms with Gasteiger partial charge in [0.05, 0.1) is 50.0 Å². The first kappa shape index (κ1) is 30.6. The van der Waals surface area contributed by atoms with Crippen molar-refractivity contribution in [2.45, 2.75) is 49.4 Å². The monoisotopic (exact) mass is 637 g/mol. The average molecular weight is 638 g/mol. The van der Waals surface area contributed by atoms with Gasteiger partial charge >= 0.3 is 12.1 Å². The molecule has 2 atom stereocenters. The molecule has 1 aliphatic rings. The second kappa shape index (κ2) is 12.8. The highest BCUT2D eigenvalue weighted by Gasteiger charge is 2.43. The van der Waals surface area contributed by atoms with Crippen LogP contribution in [0, 0.1) is 0 Å². The molecule has 0 saturated carbocycles. The quantitative estimate of drug-likeness (QED) is 0.209. The number of thioether (sulfide) groups is 1. The van der Waals surface area contributed by atoms with Crippen LogP contribution >= 0.6 is 23.4 Å². The summed E-state index contributed by atoms with van der Waals surface area (Å²) in [4.78, 5) is 13.0. The number of methoxy groups -OCH3 is 2. The number of rotatable bonds is 10. The lowest BCUT2D eigenvalue weighted by atomic mass is 10.0. The van der Waals surface area contributed by atoms with Gasteiger partial charge < -0.3 is 14.2 Å². The number of para-hydroxylation sites is 1. The van der Waals surface area contributed by atoms with E-state index in [1.54, 1.807) is 25.1 Å². The van der Waals surface area contributed by atoms with Crippen molar-refractivity contribution in [3.05, 3.63) is 70.0 Å². The largest absolute Gasteiger partial charge is 0.493 e. The summed E-state index contributed by atoms with van der Waals surface area (Å²) in [5.74, 6) is -0.118. The fourth-order valence-electron chi connectivity index (χ4n) is 4.87. The summed E-state index contributed by atoms with van der Waals surface area (Å²) in [7, 11) is 3.02. The van der Waals surface area contributed by atoms with Crippen LogP contribution < -0.4 is 9.47 Å². The fraction of sp³-hybridized carbons (Fsp3) is 0.407. The minimum atomic E-state index is -4.77. The van der Waals surface area contributed by atoms with Crippen LogP contribution in [-0.2, 0) is 28.7 Å². The van der Waals surface area contributed by atoms with Crippen LogP contribution in [0.3, 0.4) is 0 Å². The van der Waals surface area contributed by atoms with Crippen molar-refractivity contribution in [1.29, 1.82) is 0 Å². The SMILES string of the molecule is CCOC(=O)CCc1nnn(CCC2SC(c3cccc(OC)c3OC)c3cc(Cl)ccc3-n3c2nnc3C(F)(F)F)n1. The molecule has 5 rings (SSSR count). The van der Waals surface area contributed by atoms with Crippen molar-refractivity contribution in [3.8, 4) is 17.2 Å². The van der Waals surface area contributed by atoms with Gasteiger partial charge in [0.25, 0.3) is 0 Å². The molecule has 2 aromatic carbocycles. The summed E-state index contributed by atoms with van der Waals surface area (Å²) in [6.07, 6.45) is -4.15. The third-order valence-corrected chi connectivity index (χ3v) is 8.49. The average Bonchev–Trinajstić information content (AvgIpc) is 3.61. The van der Waals surface area contributed by atoms with Gasteiger partial charge in [-0.1, -0.05) is 23.7 Å². The number of tetrazole rings is 1. The van der Waals surface area contributed by atoms with Crippen molar-refractivity contribution in [1.82, 2.24) is 35.0 Å². The molecular weight excluding hydrogens is 611 g/mol. The molecule has 16 heteroatoms. The molecule has 0 amide bonds. The summed E-state index contributed by atoms with van der Waals surface area (Å²) in [5, 5.41) is 19.2. The number of alkyl halides is 3. The van der Waals surface area contributed by atoms with Gasteiger partial charge in [0.2, 0.25) is 5.82 Å². The lowest BCUT2D eigenvalue weighted by Crippen LogP contribution is -2.16. The molecule has 2 unspecified atom stereocenters. The van der Waals surface area contributed by atoms with Crippen LogP contribution in [0.2, 0.25) is 5.02 Å². The highest BCUT2D eigenvalue weighted by Crippen LogP contribution is 2.54. The fourth-order valence-corrected chi connectivity index (χ4v) is 6.56. The van der Waals surface area contributed by atoms with E-state index in [9.17, 15) is 18.0 Å². The number of halogens is 4. The Bertz CT molecular complexity index is 1610. The maximum Gasteiger partial charge on any atom is 0.452 e. The zero-order valence-corrected chi connectivity index (χ0v) is 24.9. The Hall–Kier alpha value is -3.85. The first-order valence-electron chi connectivity index (χ1n) is 13.3. The molecule has 4 aromatic rings. The van der Waals surface area contributed by atoms with Gasteiger partial charge in [0.15, 0.2) is 23.1 Å². The number of fused-ring (bicyclic) bond motifs is 3. The standard InChI is InChI=1S/C27H27ClF3N7O4S/c1-4-42-22(39)11-10-21-32-36-37(35-21)13-12-20-25-33-34-26(27(29,30)31)38(25)18-9-8-15(28)14-17(18)24(43-20)16-6-5-7-19(40-2)23(16)41-3/h5-9,14,20,24H,4,10-13H2,1-3H3. The summed E-state index contributed by atoms with van der Waals surface area (Å²) in [6, 6.07) is 10.1. The number of ether oxygens (including phenoxy) is 3. The van der Waals surface area contributed by atoms with Crippen LogP contribution in [0.1, 0.15) is 58.9 Å². The Morgan fingerprint density at radius 1 is 1.09 bits per heavy atom. The summed E-state index contributed by atoms with van der Waals surface area (Å²) >= 11 is 7.79. The molecule has 0 radical (unpaired) electrons. The Kier molecular flexibility index (Phi) is 9.11. The van der Waals surface area contributed by atoms with E-state index in [1.165, 1.54) is 42.9 Å². The van der Waals surface area contributed by atoms with E-state index in [2.05, 4.69) is 25.6 Å². The van der Waals surface area contributed by atoms with Gasteiger partial charge in [0, 0.05) is 17.0 Å². The van der Waals surface area contributed by atoms with Crippen molar-refractivity contribution in [3.63, 3.8) is 0 Å². The van der Waals surface area contributed by atoms with Crippen LogP contribution in [0.4, 0.5) is 13.2 Å². The second-order valence-corrected chi connectivity index (χ2v) is 11.1. The highest BCUT2D eigenvalue weighted by molar-refractivity contribution is 8.00. The zero-order chi connectivity index (χ0) is 30.7. The third-order valence-electron chi connectivity index (χ3n) is 6.70. The molecule has 0 saturated heterocycles. The number of hydrogen-bond donors (Lipinski definition) is 0. The van der Waals surface area contributed by atoms with E-state index in [0.717, 1.165) is 4.57 Å². The van der Waals surface area contributed by atoms with Gasteiger partial charge in [-0.2, -0.15) is 18.0 Å². The van der Waals surface area contributed by atoms with E-state index in [0.29, 0.717) is 33.5 Å². The van der Waals surface area contributed by atoms with Crippen LogP contribution in [0.15, 0.2) is 36.4 Å². The van der Waals surface area contributed by atoms with E-state index in [4.69, 9.17) is 25.8 Å². The van der Waals surface area contributed by atoms with Crippen molar-refractivity contribution < 1.29 is 32.2 Å². The first-order chi connectivity index (χ1) is 20.6. The number of nitrogens with zero attached hydrogens (tertiary/aromatic N) is 7. The molecule has 2 aromatic heterocycles. The molecule has 43 heavy (non-hydrogen) atoms. The first-order valence-corrected chi connectivity index (χ1v) is 14.6. The number of aryl methyl sites for hydroxylation is 2. The number of aromatic nitrogens is 7. The minimum absolute atomic E-state index is 0.103. The summed E-state index contributed by atoms with van der Waals surface area (Å²) < 4.78 is 60.0. The van der Waals surface area contributed by atoms with Crippen molar-refractivity contribution in [2.24, 2.45) is 0 Å². The molecule has 1 aliphatic heterocycles. The Morgan fingerprint density at radius 3 is 2.63 bits per heavy atom. The second-order valence-electron chi connectivity index (χ2n) is 9.40. The molecule has 3 heterocycles. The van der Waals surface area contributed by atoms with Gasteiger partial charge in [-0.3, -0.25) is 9.36 Å². The van der Waals surface area contributed by atoms with E-state index in [1.807, 2.05) is 6.07 Å². The number of esters is 1. The Labute approximate surface area is 253 Å². The summed E-state index contributed by atoms with van der Waals surface area (Å²) in [6.45, 7) is 2.20. The van der Waals surface area contributed by atoms with Crippen molar-refractivity contribution >= 4 is 29.3 Å². The predicted octanol–water partition coefficient (Wildman–Crippen LogP) is 5.41. The van der Waals surface area contributed by atoms with Gasteiger partial charge in [-0.25, -0.2) is 0 Å². The number of benzene rings is 2. The molecule has 0 fully saturated rings. The molecule has 0 spiro atoms. The molecule has 228 valence electrons. The molecule has 11 nitrogen and oxygen atoms in total. The smallest absolute Gasteiger partial charge is 0.452 e. The Balaban J connectivity index is 1.55. The predicted molar refractivity (Wildman–Crippen MR) is 150 cm³/mol. The van der Waals surface area contributed by atoms with Crippen LogP contribution in [0.5, 0.6) is 11.5 Å². The highest BCUT2D eigenvalue weighted by atomic mass is 35.5. The van der Waals surface area contributed by atoms with Gasteiger partial charge in [-0.15, -0.1) is 32.2 Å². The van der Waals surface area contributed by atoms with Crippen LogP contribution in [0.25, 0.3) is 5.69 Å².